The summed E-state index contributed by atoms with van der Waals surface area (Å²) in [6, 6.07) is 6.13. The fourth-order valence-corrected chi connectivity index (χ4v) is 15.7. The number of piperidine rings is 2. The van der Waals surface area contributed by atoms with Crippen LogP contribution in [0.2, 0.25) is 0 Å². The van der Waals surface area contributed by atoms with Gasteiger partial charge in [-0.2, -0.15) is 0 Å². The second-order valence-electron chi connectivity index (χ2n) is 21.0. The number of amides is 2. The van der Waals surface area contributed by atoms with Gasteiger partial charge in [-0.25, -0.2) is 18.7 Å². The predicted octanol–water partition coefficient (Wildman–Crippen LogP) is 5.96. The maximum absolute atomic E-state index is 14.3. The smallest absolute Gasteiger partial charge is 0.231 e. The van der Waals surface area contributed by atoms with Gasteiger partial charge in [0.05, 0.1) is 23.0 Å². The Balaban J connectivity index is 0.000000133. The first kappa shape index (κ1) is 37.6. The maximum Gasteiger partial charge on any atom is 0.231 e. The average Bonchev–Trinajstić information content (AvgIpc) is 3.70. The number of aliphatic hydroxyl groups excluding tert-OH is 2. The lowest BCUT2D eigenvalue weighted by molar-refractivity contribution is -0.168. The van der Waals surface area contributed by atoms with Gasteiger partial charge in [0.25, 0.3) is 0 Å². The van der Waals surface area contributed by atoms with E-state index in [1.54, 1.807) is 24.5 Å². The van der Waals surface area contributed by atoms with Gasteiger partial charge in [0, 0.05) is 62.7 Å². The van der Waals surface area contributed by atoms with Crippen LogP contribution >= 0.6 is 0 Å². The number of hydrogen-bond donors (Lipinski definition) is 2. The summed E-state index contributed by atoms with van der Waals surface area (Å²) in [7, 11) is 0. The number of hydrogen-bond acceptors (Lipinski definition) is 8. The lowest BCUT2D eigenvalue weighted by atomic mass is 9.51. The molecule has 10 nitrogen and oxygen atoms in total. The minimum absolute atomic E-state index is 0.0329. The zero-order chi connectivity index (χ0) is 39.6. The number of anilines is 2. The molecule has 8 bridgehead atoms. The van der Waals surface area contributed by atoms with Crippen LogP contribution in [-0.2, 0) is 9.59 Å². The molecule has 8 aliphatic carbocycles. The third-order valence-corrected chi connectivity index (χ3v) is 17.8. The van der Waals surface area contributed by atoms with E-state index in [4.69, 9.17) is 0 Å². The molecule has 12 aliphatic rings. The summed E-state index contributed by atoms with van der Waals surface area (Å²) in [4.78, 5) is 44.7. The molecule has 58 heavy (non-hydrogen) atoms. The lowest BCUT2D eigenvalue weighted by Gasteiger charge is -2.61. The van der Waals surface area contributed by atoms with Gasteiger partial charge in [0.15, 0.2) is 23.3 Å². The van der Waals surface area contributed by atoms with E-state index >= 15 is 0 Å². The third-order valence-electron chi connectivity index (χ3n) is 17.8. The Morgan fingerprint density at radius 1 is 0.569 bits per heavy atom. The van der Waals surface area contributed by atoms with Crippen molar-refractivity contribution < 1.29 is 28.6 Å². The average molecular weight is 799 g/mol. The predicted molar refractivity (Wildman–Crippen MR) is 213 cm³/mol. The van der Waals surface area contributed by atoms with Gasteiger partial charge in [-0.15, -0.1) is 0 Å². The van der Waals surface area contributed by atoms with Crippen LogP contribution in [-0.4, -0.2) is 104 Å². The summed E-state index contributed by atoms with van der Waals surface area (Å²) in [5.41, 5.74) is -0.863. The minimum atomic E-state index is -0.399. The van der Waals surface area contributed by atoms with Crippen LogP contribution in [0.25, 0.3) is 0 Å². The summed E-state index contributed by atoms with van der Waals surface area (Å²) in [6.45, 7) is 4.30. The number of halogens is 2. The molecule has 12 heteroatoms. The van der Waals surface area contributed by atoms with Crippen molar-refractivity contribution in [1.82, 2.24) is 19.8 Å². The van der Waals surface area contributed by atoms with E-state index in [2.05, 4.69) is 19.8 Å². The molecule has 6 heterocycles. The topological polar surface area (TPSA) is 113 Å². The Kier molecular flexibility index (Phi) is 8.80. The van der Waals surface area contributed by atoms with Gasteiger partial charge in [-0.1, -0.05) is 0 Å². The van der Waals surface area contributed by atoms with Gasteiger partial charge in [0.2, 0.25) is 11.8 Å². The van der Waals surface area contributed by atoms with Gasteiger partial charge < -0.3 is 29.8 Å². The van der Waals surface area contributed by atoms with E-state index in [9.17, 15) is 28.6 Å². The van der Waals surface area contributed by atoms with Crippen LogP contribution < -0.4 is 9.80 Å². The second-order valence-corrected chi connectivity index (χ2v) is 21.0. The lowest BCUT2D eigenvalue weighted by Crippen LogP contribution is -2.65. The highest BCUT2D eigenvalue weighted by Crippen LogP contribution is 2.61. The third kappa shape index (κ3) is 5.72. The molecule has 4 unspecified atom stereocenters. The van der Waals surface area contributed by atoms with E-state index in [0.29, 0.717) is 60.2 Å². The molecule has 2 aromatic rings. The number of nitrogens with zero attached hydrogens (tertiary/aromatic N) is 6. The van der Waals surface area contributed by atoms with Crippen LogP contribution in [0.5, 0.6) is 0 Å². The molecule has 4 saturated heterocycles. The molecule has 0 radical (unpaired) electrons. The van der Waals surface area contributed by atoms with Crippen LogP contribution in [0.4, 0.5) is 20.4 Å². The highest BCUT2D eigenvalue weighted by molar-refractivity contribution is 5.87. The minimum Gasteiger partial charge on any atom is -0.393 e. The van der Waals surface area contributed by atoms with Gasteiger partial charge in [-0.05, 0) is 163 Å². The number of rotatable bonds is 4. The Labute approximate surface area is 340 Å². The van der Waals surface area contributed by atoms with Crippen molar-refractivity contribution in [3.8, 4) is 0 Å². The Morgan fingerprint density at radius 2 is 0.966 bits per heavy atom. The summed E-state index contributed by atoms with van der Waals surface area (Å²) >= 11 is 0. The molecule has 12 fully saturated rings. The van der Waals surface area contributed by atoms with Crippen molar-refractivity contribution in [3.63, 3.8) is 0 Å². The Bertz CT molecular complexity index is 1800. The number of pyridine rings is 2. The zero-order valence-corrected chi connectivity index (χ0v) is 33.8. The number of aromatic nitrogens is 2. The number of aliphatic hydroxyl groups is 2. The molecule has 14 rings (SSSR count). The normalized spacial score (nSPS) is 43.6. The van der Waals surface area contributed by atoms with Crippen molar-refractivity contribution in [1.29, 1.82) is 0 Å². The molecule has 2 N–H and O–H groups in total. The number of likely N-dealkylation sites (tertiary alicyclic amines) is 2. The van der Waals surface area contributed by atoms with Gasteiger partial charge >= 0.3 is 0 Å². The second kappa shape index (κ2) is 13.6. The molecule has 312 valence electrons. The molecule has 2 aromatic heterocycles. The first-order valence-electron chi connectivity index (χ1n) is 22.7. The van der Waals surface area contributed by atoms with Crippen LogP contribution in [0.15, 0.2) is 36.7 Å². The SMILES string of the molecule is O=C1N(C23CC4CC(C2)C(O)C(C4)C3)CC[C@@]12CCCN(c1ncccc1F)C2.O=C1N(C23CC4CC(C2)C(O)C(C4)C3)CC[C@@]12CCCN(c1ncccc1F)C2. The van der Waals surface area contributed by atoms with Gasteiger partial charge in [0.1, 0.15) is 0 Å². The Hall–Kier alpha value is -3.38. The molecular weight excluding hydrogens is 739 g/mol. The summed E-state index contributed by atoms with van der Waals surface area (Å²) < 4.78 is 28.7. The van der Waals surface area contributed by atoms with E-state index in [-0.39, 0.29) is 46.7 Å². The van der Waals surface area contributed by atoms with Gasteiger partial charge in [-0.3, -0.25) is 9.59 Å². The molecule has 2 spiro atoms. The maximum atomic E-state index is 14.3. The highest BCUT2D eigenvalue weighted by atomic mass is 19.1. The molecule has 2 amide bonds. The largest absolute Gasteiger partial charge is 0.393 e. The van der Waals surface area contributed by atoms with Crippen LogP contribution in [0.3, 0.4) is 0 Å². The van der Waals surface area contributed by atoms with Crippen molar-refractivity contribution in [3.05, 3.63) is 48.3 Å². The van der Waals surface area contributed by atoms with Crippen molar-refractivity contribution in [2.75, 3.05) is 49.1 Å². The first-order valence-corrected chi connectivity index (χ1v) is 22.7. The van der Waals surface area contributed by atoms with Crippen molar-refractivity contribution in [2.24, 2.45) is 46.3 Å². The molecule has 6 atom stereocenters. The summed E-state index contributed by atoms with van der Waals surface area (Å²) in [5.74, 6) is 3.57. The van der Waals surface area contributed by atoms with Crippen LogP contribution in [0.1, 0.15) is 103 Å². The fraction of sp³-hybridized carbons (Fsp3) is 0.739. The van der Waals surface area contributed by atoms with Crippen molar-refractivity contribution in [2.45, 2.75) is 126 Å². The molecular formula is C46H60F2N6O4. The standard InChI is InChI=1S/2C23H30FN3O2/c2*24-18-3-1-6-25-20(18)26-7-2-4-22(14-26)5-8-27(21(22)29)23-11-15-9-16(12-23)19(28)17(10-15)13-23/h2*1,3,6,15-17,19,28H,2,4-5,7-14H2/t2*15?,16?,17?,19?,22-,23?/m11/s1. The number of carbonyl (C=O) groups is 2. The Morgan fingerprint density at radius 3 is 1.34 bits per heavy atom. The van der Waals surface area contributed by atoms with E-state index in [0.717, 1.165) is 129 Å². The summed E-state index contributed by atoms with van der Waals surface area (Å²) in [5, 5.41) is 21.3. The van der Waals surface area contributed by atoms with E-state index in [1.807, 2.05) is 9.80 Å². The fourth-order valence-electron chi connectivity index (χ4n) is 15.7. The first-order chi connectivity index (χ1) is 28.0. The quantitative estimate of drug-likeness (QED) is 0.390. The zero-order valence-electron chi connectivity index (χ0n) is 33.8. The highest BCUT2D eigenvalue weighted by Gasteiger charge is 2.64. The van der Waals surface area contributed by atoms with E-state index < -0.39 is 10.8 Å². The number of carbonyl (C=O) groups excluding carboxylic acids is 2. The molecule has 0 aromatic carbocycles. The van der Waals surface area contributed by atoms with Crippen LogP contribution in [0, 0.1) is 58.0 Å². The summed E-state index contributed by atoms with van der Waals surface area (Å²) in [6.07, 6.45) is 18.9. The monoisotopic (exact) mass is 798 g/mol. The molecule has 4 aliphatic heterocycles. The van der Waals surface area contributed by atoms with Crippen molar-refractivity contribution >= 4 is 23.5 Å². The van der Waals surface area contributed by atoms with E-state index in [1.165, 1.54) is 12.1 Å². The molecule has 8 saturated carbocycles.